The van der Waals surface area contributed by atoms with Crippen molar-refractivity contribution in [2.24, 2.45) is 28.5 Å². The summed E-state index contributed by atoms with van der Waals surface area (Å²) in [6.45, 7) is 6.73. The van der Waals surface area contributed by atoms with Gasteiger partial charge in [0.15, 0.2) is 34.7 Å². The van der Waals surface area contributed by atoms with E-state index in [0.717, 1.165) is 56.1 Å². The van der Waals surface area contributed by atoms with E-state index in [2.05, 4.69) is 31.1 Å². The van der Waals surface area contributed by atoms with Gasteiger partial charge in [-0.15, -0.1) is 0 Å². The van der Waals surface area contributed by atoms with E-state index < -0.39 is 0 Å². The number of nitrogens with zero attached hydrogens (tertiary/aromatic N) is 1. The van der Waals surface area contributed by atoms with Crippen molar-refractivity contribution < 1.29 is 24.5 Å². The van der Waals surface area contributed by atoms with Gasteiger partial charge in [-0.25, -0.2) is 4.99 Å². The second-order valence-electron chi connectivity index (χ2n) is 12.6. The molecule has 1 aliphatic carbocycles. The van der Waals surface area contributed by atoms with Gasteiger partial charge in [0.25, 0.3) is 0 Å². The van der Waals surface area contributed by atoms with E-state index in [4.69, 9.17) is 15.2 Å². The number of anilines is 1. The minimum absolute atomic E-state index is 0.00356. The summed E-state index contributed by atoms with van der Waals surface area (Å²) in [6, 6.07) is 9.14. The lowest BCUT2D eigenvalue weighted by atomic mass is 9.83. The Hall–Kier alpha value is -3.68. The van der Waals surface area contributed by atoms with Gasteiger partial charge in [-0.05, 0) is 84.9 Å². The number of aromatic hydroxyl groups is 2. The molecule has 8 heteroatoms. The summed E-state index contributed by atoms with van der Waals surface area (Å²) < 4.78 is 10.7. The van der Waals surface area contributed by atoms with Crippen molar-refractivity contribution in [1.29, 1.82) is 0 Å². The Morgan fingerprint density at radius 3 is 2.41 bits per heavy atom. The van der Waals surface area contributed by atoms with E-state index in [1.807, 2.05) is 24.3 Å². The van der Waals surface area contributed by atoms with Crippen LogP contribution in [0.5, 0.6) is 23.0 Å². The molecular weight excluding hydrogens is 554 g/mol. The maximum Gasteiger partial charge on any atom is 0.193 e. The highest BCUT2D eigenvalue weighted by atomic mass is 16.5. The normalized spacial score (nSPS) is 15.8. The van der Waals surface area contributed by atoms with E-state index in [0.29, 0.717) is 54.2 Å². The number of hydrogen-bond donors (Lipinski definition) is 4. The van der Waals surface area contributed by atoms with Crippen LogP contribution >= 0.6 is 0 Å². The quantitative estimate of drug-likeness (QED) is 0.0671. The van der Waals surface area contributed by atoms with Crippen LogP contribution in [-0.4, -0.2) is 42.2 Å². The molecule has 1 saturated carbocycles. The summed E-state index contributed by atoms with van der Waals surface area (Å²) in [6.07, 6.45) is 14.3. The number of phenols is 2. The third-order valence-corrected chi connectivity index (χ3v) is 8.59. The number of ether oxygens (including phenoxy) is 2. The van der Waals surface area contributed by atoms with Crippen molar-refractivity contribution in [2.75, 3.05) is 19.5 Å². The zero-order valence-corrected chi connectivity index (χ0v) is 27.3. The second-order valence-corrected chi connectivity index (χ2v) is 12.6. The summed E-state index contributed by atoms with van der Waals surface area (Å²) in [5.41, 5.74) is 8.64. The topological polar surface area (TPSA) is 126 Å². The molecule has 2 atom stereocenters. The van der Waals surface area contributed by atoms with Crippen molar-refractivity contribution in [3.63, 3.8) is 0 Å². The van der Waals surface area contributed by atoms with Crippen LogP contribution in [0, 0.1) is 17.8 Å². The van der Waals surface area contributed by atoms with Gasteiger partial charge in [-0.2, -0.15) is 0 Å². The first-order valence-electron chi connectivity index (χ1n) is 16.2. The molecule has 2 aromatic rings. The fourth-order valence-electron chi connectivity index (χ4n) is 5.86. The lowest BCUT2D eigenvalue weighted by Gasteiger charge is -2.23. The zero-order valence-electron chi connectivity index (χ0n) is 27.3. The van der Waals surface area contributed by atoms with Crippen molar-refractivity contribution in [3.8, 4) is 23.0 Å². The van der Waals surface area contributed by atoms with Gasteiger partial charge >= 0.3 is 0 Å². The highest BCUT2D eigenvalue weighted by molar-refractivity contribution is 5.94. The van der Waals surface area contributed by atoms with E-state index in [-0.39, 0.29) is 29.2 Å². The third-order valence-electron chi connectivity index (χ3n) is 8.59. The molecule has 0 saturated heterocycles. The third kappa shape index (κ3) is 11.1. The Morgan fingerprint density at radius 1 is 1.02 bits per heavy atom. The van der Waals surface area contributed by atoms with Gasteiger partial charge < -0.3 is 30.7 Å². The molecule has 0 unspecified atom stereocenters. The van der Waals surface area contributed by atoms with Gasteiger partial charge in [-0.3, -0.25) is 4.79 Å². The predicted octanol–water partition coefficient (Wildman–Crippen LogP) is 7.55. The predicted molar refractivity (Wildman–Crippen MR) is 179 cm³/mol. The molecule has 0 aliphatic heterocycles. The molecule has 0 spiro atoms. The van der Waals surface area contributed by atoms with Crippen LogP contribution in [0.15, 0.2) is 47.5 Å². The Labute approximate surface area is 263 Å². The number of allylic oxidation sites excluding steroid dienone is 2. The number of benzene rings is 2. The minimum atomic E-state index is -0.00356. The van der Waals surface area contributed by atoms with E-state index >= 15 is 0 Å². The summed E-state index contributed by atoms with van der Waals surface area (Å²) >= 11 is 0. The number of guanidine groups is 1. The number of hydrogen-bond acceptors (Lipinski definition) is 6. The van der Waals surface area contributed by atoms with E-state index in [1.165, 1.54) is 20.6 Å². The molecule has 0 radical (unpaired) electrons. The average molecular weight is 608 g/mol. The largest absolute Gasteiger partial charge is 0.504 e. The van der Waals surface area contributed by atoms with Gasteiger partial charge in [0, 0.05) is 6.42 Å². The molecular formula is C36H53N3O5. The standard InChI is InChI=1S/C36H53N3O5/c1-24(2)10-9-11-25(3)28(16-18-30(40)17-14-26-15-19-32(41)33(22-26)43-4)20-27-21-31(35(42)34(23-27)44-5)39-36(37)38-29-12-7-6-8-13-29/h15-16,18-19,21-25,28-29,41-42H,6-14,17,20H2,1-5H3,(H3,37,38,39)/t25-,28-/m1/s1. The zero-order chi connectivity index (χ0) is 32.1. The first-order chi connectivity index (χ1) is 21.1. The van der Waals surface area contributed by atoms with Crippen molar-refractivity contribution in [3.05, 3.63) is 53.6 Å². The van der Waals surface area contributed by atoms with Gasteiger partial charge in [0.2, 0.25) is 0 Å². The van der Waals surface area contributed by atoms with Crippen LogP contribution < -0.4 is 20.5 Å². The number of rotatable bonds is 16. The number of aryl methyl sites for hydroxylation is 1. The van der Waals surface area contributed by atoms with Gasteiger partial charge in [-0.1, -0.05) is 71.4 Å². The van der Waals surface area contributed by atoms with Crippen LogP contribution in [0.1, 0.15) is 89.7 Å². The number of nitrogens with two attached hydrogens (primary N) is 1. The Bertz CT molecular complexity index is 1270. The van der Waals surface area contributed by atoms with Crippen molar-refractivity contribution in [2.45, 2.75) is 97.4 Å². The molecule has 0 heterocycles. The minimum Gasteiger partial charge on any atom is -0.504 e. The maximum atomic E-state index is 12.9. The van der Waals surface area contributed by atoms with Crippen molar-refractivity contribution in [1.82, 2.24) is 0 Å². The lowest BCUT2D eigenvalue weighted by Crippen LogP contribution is -2.26. The first kappa shape index (κ1) is 34.8. The number of carbonyl (C=O) groups is 1. The summed E-state index contributed by atoms with van der Waals surface area (Å²) in [7, 11) is 3.05. The van der Waals surface area contributed by atoms with Crippen LogP contribution in [0.4, 0.5) is 5.69 Å². The maximum absolute atomic E-state index is 12.9. The fraction of sp³-hybridized carbons (Fsp3) is 0.556. The monoisotopic (exact) mass is 607 g/mol. The fourth-order valence-corrected chi connectivity index (χ4v) is 5.86. The number of aliphatic imine (C=N–C) groups is 1. The Morgan fingerprint density at radius 2 is 1.73 bits per heavy atom. The summed E-state index contributed by atoms with van der Waals surface area (Å²) in [4.78, 5) is 17.6. The number of ketones is 1. The first-order valence-corrected chi connectivity index (χ1v) is 16.2. The molecule has 0 amide bonds. The molecule has 0 bridgehead atoms. The molecule has 1 aliphatic rings. The molecule has 0 aromatic heterocycles. The number of methoxy groups -OCH3 is 2. The van der Waals surface area contributed by atoms with Crippen molar-refractivity contribution >= 4 is 17.4 Å². The number of nitrogens with one attached hydrogen (secondary N) is 1. The van der Waals surface area contributed by atoms with Crippen LogP contribution in [0.2, 0.25) is 0 Å². The Balaban J connectivity index is 1.77. The molecule has 8 nitrogen and oxygen atoms in total. The van der Waals surface area contributed by atoms with Gasteiger partial charge in [0.1, 0.15) is 0 Å². The molecule has 2 aromatic carbocycles. The Kier molecular flexibility index (Phi) is 13.9. The molecule has 3 rings (SSSR count). The van der Waals surface area contributed by atoms with Gasteiger partial charge in [0.05, 0.1) is 25.9 Å². The second kappa shape index (κ2) is 17.6. The summed E-state index contributed by atoms with van der Waals surface area (Å²) in [5.74, 6) is 2.29. The molecule has 1 fully saturated rings. The SMILES string of the molecule is COc1cc(CCC(=O)C=C[C@H](Cc2cc(NC(N)=NC3CCCCC3)c(O)c(OC)c2)[C@H](C)CCCC(C)C)ccc1O. The van der Waals surface area contributed by atoms with Crippen LogP contribution in [-0.2, 0) is 17.6 Å². The number of phenolic OH excluding ortho intramolecular Hbond substituents is 2. The summed E-state index contributed by atoms with van der Waals surface area (Å²) in [5, 5.41) is 23.9. The molecule has 242 valence electrons. The lowest BCUT2D eigenvalue weighted by molar-refractivity contribution is -0.114. The average Bonchev–Trinajstić information content (AvgIpc) is 3.00. The van der Waals surface area contributed by atoms with E-state index in [9.17, 15) is 15.0 Å². The molecule has 5 N–H and O–H groups in total. The van der Waals surface area contributed by atoms with Crippen LogP contribution in [0.25, 0.3) is 0 Å². The highest BCUT2D eigenvalue weighted by Gasteiger charge is 2.20. The van der Waals surface area contributed by atoms with Crippen LogP contribution in [0.3, 0.4) is 0 Å². The van der Waals surface area contributed by atoms with E-state index in [1.54, 1.807) is 18.2 Å². The smallest absolute Gasteiger partial charge is 0.193 e. The molecule has 44 heavy (non-hydrogen) atoms. The highest BCUT2D eigenvalue weighted by Crippen LogP contribution is 2.37. The number of carbonyl (C=O) groups excluding carboxylic acids is 1.